The van der Waals surface area contributed by atoms with Gasteiger partial charge in [-0.1, -0.05) is 12.1 Å². The Kier molecular flexibility index (Phi) is 3.82. The van der Waals surface area contributed by atoms with Crippen LogP contribution < -0.4 is 14.8 Å². The molecule has 0 unspecified atom stereocenters. The van der Waals surface area contributed by atoms with E-state index in [1.165, 1.54) is 0 Å². The lowest BCUT2D eigenvalue weighted by molar-refractivity contribution is -0.159. The minimum atomic E-state index is -0.935. The number of fused-ring (bicyclic) bond motifs is 1. The molecule has 2 heterocycles. The minimum Gasteiger partial charge on any atom is -0.485 e. The molecule has 1 atom stereocenters. The number of benzene rings is 1. The van der Waals surface area contributed by atoms with Crippen LogP contribution in [0.4, 0.5) is 4.79 Å². The van der Waals surface area contributed by atoms with Gasteiger partial charge in [0.25, 0.3) is 5.91 Å². The van der Waals surface area contributed by atoms with Gasteiger partial charge in [-0.3, -0.25) is 9.69 Å². The quantitative estimate of drug-likeness (QED) is 0.785. The van der Waals surface area contributed by atoms with E-state index in [2.05, 4.69) is 5.32 Å². The van der Waals surface area contributed by atoms with Gasteiger partial charge in [0.15, 0.2) is 18.1 Å². The van der Waals surface area contributed by atoms with Gasteiger partial charge in [-0.25, -0.2) is 9.59 Å². The monoisotopic (exact) mass is 306 g/mol. The van der Waals surface area contributed by atoms with Gasteiger partial charge in [0.05, 0.1) is 0 Å². The molecule has 2 aliphatic heterocycles. The van der Waals surface area contributed by atoms with Crippen LogP contribution in [0.5, 0.6) is 11.5 Å². The Morgan fingerprint density at radius 2 is 2.09 bits per heavy atom. The van der Waals surface area contributed by atoms with E-state index in [0.29, 0.717) is 18.0 Å². The number of carbonyl (C=O) groups is 3. The molecule has 1 aromatic rings. The van der Waals surface area contributed by atoms with Gasteiger partial charge in [0.1, 0.15) is 6.61 Å². The Bertz CT molecular complexity index is 617. The van der Waals surface area contributed by atoms with E-state index in [1.54, 1.807) is 24.3 Å². The summed E-state index contributed by atoms with van der Waals surface area (Å²) in [5.74, 6) is -0.278. The van der Waals surface area contributed by atoms with E-state index in [-0.39, 0.29) is 13.2 Å². The number of amides is 3. The van der Waals surface area contributed by atoms with Crippen molar-refractivity contribution in [1.29, 1.82) is 0 Å². The summed E-state index contributed by atoms with van der Waals surface area (Å²) in [6.07, 6.45) is -0.935. The molecule has 0 saturated carbocycles. The largest absolute Gasteiger partial charge is 0.485 e. The number of ether oxygens (including phenoxy) is 3. The van der Waals surface area contributed by atoms with Crippen molar-refractivity contribution in [2.75, 3.05) is 26.3 Å². The molecule has 0 spiro atoms. The van der Waals surface area contributed by atoms with Crippen molar-refractivity contribution in [1.82, 2.24) is 10.2 Å². The number of hydrogen-bond acceptors (Lipinski definition) is 6. The summed E-state index contributed by atoms with van der Waals surface area (Å²) in [6.45, 7) is 0.169. The number of nitrogens with one attached hydrogen (secondary N) is 1. The van der Waals surface area contributed by atoms with Crippen LogP contribution >= 0.6 is 0 Å². The second-order valence-corrected chi connectivity index (χ2v) is 4.75. The SMILES string of the molecule is O=C(OCC(=O)N1CCNC1=O)[C@H]1COc2ccccc2O1. The van der Waals surface area contributed by atoms with Crippen molar-refractivity contribution >= 4 is 17.9 Å². The van der Waals surface area contributed by atoms with Crippen LogP contribution in [0, 0.1) is 0 Å². The van der Waals surface area contributed by atoms with Crippen molar-refractivity contribution in [3.63, 3.8) is 0 Å². The summed E-state index contributed by atoms with van der Waals surface area (Å²) in [6, 6.07) is 6.47. The van der Waals surface area contributed by atoms with Crippen LogP contribution in [0.1, 0.15) is 0 Å². The molecule has 0 aromatic heterocycles. The maximum atomic E-state index is 11.9. The molecule has 0 aliphatic carbocycles. The molecule has 8 heteroatoms. The van der Waals surface area contributed by atoms with Gasteiger partial charge in [-0.2, -0.15) is 0 Å². The van der Waals surface area contributed by atoms with Crippen molar-refractivity contribution in [2.24, 2.45) is 0 Å². The normalized spacial score (nSPS) is 19.5. The Hall–Kier alpha value is -2.77. The number of para-hydroxylation sites is 2. The topological polar surface area (TPSA) is 94.2 Å². The molecule has 3 rings (SSSR count). The van der Waals surface area contributed by atoms with Crippen LogP contribution in [0.3, 0.4) is 0 Å². The molecule has 116 valence electrons. The molecule has 22 heavy (non-hydrogen) atoms. The summed E-state index contributed by atoms with van der Waals surface area (Å²) in [5, 5.41) is 2.49. The first kappa shape index (κ1) is 14.2. The Morgan fingerprint density at radius 1 is 1.32 bits per heavy atom. The van der Waals surface area contributed by atoms with Crippen LogP contribution in [0.2, 0.25) is 0 Å². The highest BCUT2D eigenvalue weighted by Crippen LogP contribution is 2.31. The molecule has 0 bridgehead atoms. The van der Waals surface area contributed by atoms with E-state index >= 15 is 0 Å². The third kappa shape index (κ3) is 2.80. The minimum absolute atomic E-state index is 0.00817. The predicted molar refractivity (Wildman–Crippen MR) is 72.4 cm³/mol. The van der Waals surface area contributed by atoms with Gasteiger partial charge in [0.2, 0.25) is 6.10 Å². The molecule has 1 saturated heterocycles. The Labute approximate surface area is 125 Å². The number of urea groups is 1. The number of esters is 1. The third-order valence-corrected chi connectivity index (χ3v) is 3.27. The summed E-state index contributed by atoms with van der Waals surface area (Å²) < 4.78 is 15.8. The Balaban J connectivity index is 1.53. The third-order valence-electron chi connectivity index (χ3n) is 3.27. The van der Waals surface area contributed by atoms with Gasteiger partial charge in [-0.15, -0.1) is 0 Å². The number of rotatable bonds is 3. The fourth-order valence-electron chi connectivity index (χ4n) is 2.15. The molecule has 0 radical (unpaired) electrons. The van der Waals surface area contributed by atoms with Crippen molar-refractivity contribution in [3.8, 4) is 11.5 Å². The number of hydrogen-bond donors (Lipinski definition) is 1. The molecule has 1 aromatic carbocycles. The van der Waals surface area contributed by atoms with Gasteiger partial charge < -0.3 is 19.5 Å². The standard InChI is InChI=1S/C14H14N2O6/c17-12(16-6-5-15-14(16)19)8-21-13(18)11-7-20-9-3-1-2-4-10(9)22-11/h1-4,11H,5-8H2,(H,15,19)/t11-/m1/s1. The average Bonchev–Trinajstić information content (AvgIpc) is 2.98. The molecule has 1 fully saturated rings. The maximum absolute atomic E-state index is 11.9. The lowest BCUT2D eigenvalue weighted by atomic mass is 10.2. The van der Waals surface area contributed by atoms with Crippen LogP contribution in [0.15, 0.2) is 24.3 Å². The number of imide groups is 1. The smallest absolute Gasteiger partial charge is 0.351 e. The van der Waals surface area contributed by atoms with Gasteiger partial charge in [-0.05, 0) is 12.1 Å². The number of carbonyl (C=O) groups excluding carboxylic acids is 3. The molecule has 8 nitrogen and oxygen atoms in total. The second kappa shape index (κ2) is 5.92. The Morgan fingerprint density at radius 3 is 2.82 bits per heavy atom. The van der Waals surface area contributed by atoms with Crippen LogP contribution in [-0.4, -0.2) is 55.2 Å². The fourth-order valence-corrected chi connectivity index (χ4v) is 2.15. The number of nitrogens with zero attached hydrogens (tertiary/aromatic N) is 1. The predicted octanol–water partition coefficient (Wildman–Crippen LogP) is -0.0786. The van der Waals surface area contributed by atoms with E-state index in [9.17, 15) is 14.4 Å². The van der Waals surface area contributed by atoms with E-state index in [1.807, 2.05) is 0 Å². The highest BCUT2D eigenvalue weighted by Gasteiger charge is 2.31. The summed E-state index contributed by atoms with van der Waals surface area (Å²) in [5.41, 5.74) is 0. The van der Waals surface area contributed by atoms with Crippen LogP contribution in [0.25, 0.3) is 0 Å². The first-order valence-electron chi connectivity index (χ1n) is 6.78. The van der Waals surface area contributed by atoms with E-state index < -0.39 is 30.6 Å². The molecule has 2 aliphatic rings. The van der Waals surface area contributed by atoms with E-state index in [0.717, 1.165) is 4.90 Å². The molecular formula is C14H14N2O6. The zero-order valence-corrected chi connectivity index (χ0v) is 11.6. The van der Waals surface area contributed by atoms with Gasteiger partial charge in [0, 0.05) is 13.1 Å². The summed E-state index contributed by atoms with van der Waals surface area (Å²) >= 11 is 0. The fraction of sp³-hybridized carbons (Fsp3) is 0.357. The molecule has 3 amide bonds. The van der Waals surface area contributed by atoms with Gasteiger partial charge >= 0.3 is 12.0 Å². The average molecular weight is 306 g/mol. The highest BCUT2D eigenvalue weighted by atomic mass is 16.6. The summed E-state index contributed by atoms with van der Waals surface area (Å²) in [4.78, 5) is 36.0. The highest BCUT2D eigenvalue weighted by molar-refractivity contribution is 5.97. The first-order chi connectivity index (χ1) is 10.6. The lowest BCUT2D eigenvalue weighted by Gasteiger charge is -2.25. The lowest BCUT2D eigenvalue weighted by Crippen LogP contribution is -2.41. The van der Waals surface area contributed by atoms with Crippen molar-refractivity contribution in [2.45, 2.75) is 6.10 Å². The first-order valence-corrected chi connectivity index (χ1v) is 6.78. The van der Waals surface area contributed by atoms with Crippen molar-refractivity contribution < 1.29 is 28.6 Å². The molecular weight excluding hydrogens is 292 g/mol. The second-order valence-electron chi connectivity index (χ2n) is 4.75. The van der Waals surface area contributed by atoms with Crippen LogP contribution in [-0.2, 0) is 14.3 Å². The zero-order valence-electron chi connectivity index (χ0n) is 11.6. The van der Waals surface area contributed by atoms with E-state index in [4.69, 9.17) is 14.2 Å². The molecule has 1 N–H and O–H groups in total. The zero-order chi connectivity index (χ0) is 15.5. The van der Waals surface area contributed by atoms with Crippen molar-refractivity contribution in [3.05, 3.63) is 24.3 Å². The summed E-state index contributed by atoms with van der Waals surface area (Å²) in [7, 11) is 0. The maximum Gasteiger partial charge on any atom is 0.351 e.